The second-order valence-corrected chi connectivity index (χ2v) is 8.42. The van der Waals surface area contributed by atoms with Crippen LogP contribution in [-0.4, -0.2) is 60.9 Å². The van der Waals surface area contributed by atoms with Crippen LogP contribution in [0.4, 0.5) is 0 Å². The summed E-state index contributed by atoms with van der Waals surface area (Å²) in [6.07, 6.45) is 0.394. The van der Waals surface area contributed by atoms with Crippen LogP contribution in [0.1, 0.15) is 16.9 Å². The number of carbonyl (C=O) groups excluding carboxylic acids is 1. The van der Waals surface area contributed by atoms with Crippen molar-refractivity contribution in [2.24, 2.45) is 0 Å². The summed E-state index contributed by atoms with van der Waals surface area (Å²) in [5.41, 5.74) is 0.445. The molecular weight excluding hydrogens is 358 g/mol. The van der Waals surface area contributed by atoms with Crippen LogP contribution in [0.15, 0.2) is 35.1 Å². The van der Waals surface area contributed by atoms with E-state index >= 15 is 0 Å². The van der Waals surface area contributed by atoms with Crippen LogP contribution in [0.25, 0.3) is 11.3 Å². The van der Waals surface area contributed by atoms with Crippen molar-refractivity contribution in [1.82, 2.24) is 14.9 Å². The molecule has 138 valence electrons. The van der Waals surface area contributed by atoms with Gasteiger partial charge in [0.1, 0.15) is 11.4 Å². The van der Waals surface area contributed by atoms with Gasteiger partial charge in [-0.2, -0.15) is 4.98 Å². The first kappa shape index (κ1) is 18.1. The second-order valence-electron chi connectivity index (χ2n) is 6.19. The fourth-order valence-corrected chi connectivity index (χ4v) is 4.69. The van der Waals surface area contributed by atoms with Gasteiger partial charge in [0.15, 0.2) is 9.84 Å². The quantitative estimate of drug-likeness (QED) is 0.840. The number of hydrogen-bond acceptors (Lipinski definition) is 6. The molecule has 2 heterocycles. The van der Waals surface area contributed by atoms with E-state index in [0.717, 1.165) is 0 Å². The highest BCUT2D eigenvalue weighted by Crippen LogP contribution is 2.22. The molecule has 1 unspecified atom stereocenters. The zero-order chi connectivity index (χ0) is 18.9. The van der Waals surface area contributed by atoms with Crippen LogP contribution >= 0.6 is 0 Å². The molecule has 9 heteroatoms. The van der Waals surface area contributed by atoms with Gasteiger partial charge < -0.3 is 14.6 Å². The van der Waals surface area contributed by atoms with Crippen molar-refractivity contribution >= 4 is 15.7 Å². The Balaban J connectivity index is 1.89. The fraction of sp³-hybridized carbons (Fsp3) is 0.353. The van der Waals surface area contributed by atoms with Crippen molar-refractivity contribution in [1.29, 1.82) is 0 Å². The molecule has 1 aliphatic heterocycles. The topological polar surface area (TPSA) is 109 Å². The summed E-state index contributed by atoms with van der Waals surface area (Å²) < 4.78 is 28.4. The summed E-state index contributed by atoms with van der Waals surface area (Å²) in [4.78, 5) is 32.3. The van der Waals surface area contributed by atoms with Crippen molar-refractivity contribution in [2.75, 3.05) is 25.7 Å². The number of H-pyrrole nitrogens is 1. The van der Waals surface area contributed by atoms with Crippen LogP contribution in [0.2, 0.25) is 0 Å². The first-order valence-electron chi connectivity index (χ1n) is 8.02. The Bertz CT molecular complexity index is 982. The van der Waals surface area contributed by atoms with Crippen LogP contribution in [0.3, 0.4) is 0 Å². The molecule has 1 amide bonds. The SMILES string of the molecule is COc1ccc(-c2cc(C(=O)N(C)C3CCS(=O)(=O)C3)[nH]c(=O)n2)cc1. The summed E-state index contributed by atoms with van der Waals surface area (Å²) in [5, 5.41) is 0. The number of aromatic nitrogens is 2. The van der Waals surface area contributed by atoms with Gasteiger partial charge in [-0.3, -0.25) is 4.79 Å². The van der Waals surface area contributed by atoms with Gasteiger partial charge in [-0.25, -0.2) is 13.2 Å². The molecule has 0 aliphatic carbocycles. The molecular formula is C17H19N3O5S. The highest BCUT2D eigenvalue weighted by Gasteiger charge is 2.33. The molecule has 1 aromatic carbocycles. The molecule has 0 saturated carbocycles. The lowest BCUT2D eigenvalue weighted by atomic mass is 10.1. The minimum absolute atomic E-state index is 0.0596. The molecule has 0 radical (unpaired) electrons. The van der Waals surface area contributed by atoms with E-state index in [9.17, 15) is 18.0 Å². The lowest BCUT2D eigenvalue weighted by molar-refractivity contribution is 0.0741. The molecule has 8 nitrogen and oxygen atoms in total. The van der Waals surface area contributed by atoms with E-state index < -0.39 is 27.5 Å². The maximum atomic E-state index is 12.7. The molecule has 0 bridgehead atoms. The van der Waals surface area contributed by atoms with Crippen molar-refractivity contribution in [3.8, 4) is 17.0 Å². The van der Waals surface area contributed by atoms with E-state index in [2.05, 4.69) is 9.97 Å². The third-order valence-electron chi connectivity index (χ3n) is 4.44. The molecule has 1 aromatic heterocycles. The van der Waals surface area contributed by atoms with Gasteiger partial charge in [-0.05, 0) is 36.8 Å². The first-order valence-corrected chi connectivity index (χ1v) is 9.84. The van der Waals surface area contributed by atoms with Gasteiger partial charge in [-0.1, -0.05) is 0 Å². The highest BCUT2D eigenvalue weighted by molar-refractivity contribution is 7.91. The Labute approximate surface area is 150 Å². The zero-order valence-corrected chi connectivity index (χ0v) is 15.2. The molecule has 0 spiro atoms. The molecule has 1 aliphatic rings. The molecule has 1 N–H and O–H groups in total. The molecule has 1 saturated heterocycles. The second kappa shape index (κ2) is 6.91. The fourth-order valence-electron chi connectivity index (χ4n) is 2.92. The predicted molar refractivity (Wildman–Crippen MR) is 96.0 cm³/mol. The van der Waals surface area contributed by atoms with Gasteiger partial charge in [0.05, 0.1) is 24.3 Å². The van der Waals surface area contributed by atoms with E-state index in [1.54, 1.807) is 38.4 Å². The van der Waals surface area contributed by atoms with E-state index in [4.69, 9.17) is 4.74 Å². The number of ether oxygens (including phenoxy) is 1. The number of hydrogen-bond donors (Lipinski definition) is 1. The first-order chi connectivity index (χ1) is 12.3. The molecule has 2 aromatic rings. The van der Waals surface area contributed by atoms with Crippen LogP contribution in [0, 0.1) is 0 Å². The Morgan fingerprint density at radius 2 is 2.00 bits per heavy atom. The molecule has 3 rings (SSSR count). The van der Waals surface area contributed by atoms with Gasteiger partial charge in [0.25, 0.3) is 5.91 Å². The predicted octanol–water partition coefficient (Wildman–Crippen LogP) is 0.705. The van der Waals surface area contributed by atoms with Crippen molar-refractivity contribution in [2.45, 2.75) is 12.5 Å². The number of sulfone groups is 1. The summed E-state index contributed by atoms with van der Waals surface area (Å²) in [7, 11) is -0.0190. The lowest BCUT2D eigenvalue weighted by Crippen LogP contribution is -2.39. The maximum Gasteiger partial charge on any atom is 0.346 e. The average Bonchev–Trinajstić information content (AvgIpc) is 3.00. The monoisotopic (exact) mass is 377 g/mol. The molecule has 26 heavy (non-hydrogen) atoms. The number of rotatable bonds is 4. The van der Waals surface area contributed by atoms with E-state index in [1.807, 2.05) is 0 Å². The normalized spacial score (nSPS) is 18.5. The van der Waals surface area contributed by atoms with Gasteiger partial charge in [-0.15, -0.1) is 0 Å². The van der Waals surface area contributed by atoms with Crippen molar-refractivity contribution < 1.29 is 17.9 Å². The van der Waals surface area contributed by atoms with Crippen LogP contribution in [0.5, 0.6) is 5.75 Å². The lowest BCUT2D eigenvalue weighted by Gasteiger charge is -2.23. The number of amides is 1. The molecule has 1 atom stereocenters. The van der Waals surface area contributed by atoms with Crippen molar-refractivity contribution in [3.05, 3.63) is 46.5 Å². The van der Waals surface area contributed by atoms with Gasteiger partial charge >= 0.3 is 5.69 Å². The molecule has 1 fully saturated rings. The van der Waals surface area contributed by atoms with E-state index in [0.29, 0.717) is 23.4 Å². The third kappa shape index (κ3) is 3.77. The van der Waals surface area contributed by atoms with Crippen molar-refractivity contribution in [3.63, 3.8) is 0 Å². The summed E-state index contributed by atoms with van der Waals surface area (Å²) in [6.45, 7) is 0. The third-order valence-corrected chi connectivity index (χ3v) is 6.19. The standard InChI is InChI=1S/C17H19N3O5S/c1-20(12-7-8-26(23,24)10-12)16(21)15-9-14(18-17(22)19-15)11-3-5-13(25-2)6-4-11/h3-6,9,12H,7-8,10H2,1-2H3,(H,18,19,22). The summed E-state index contributed by atoms with van der Waals surface area (Å²) in [6, 6.07) is 8.04. The Hall–Kier alpha value is -2.68. The Morgan fingerprint density at radius 1 is 1.31 bits per heavy atom. The van der Waals surface area contributed by atoms with E-state index in [-0.39, 0.29) is 17.2 Å². The van der Waals surface area contributed by atoms with E-state index in [1.165, 1.54) is 11.0 Å². The number of nitrogens with one attached hydrogen (secondary N) is 1. The number of aromatic amines is 1. The van der Waals surface area contributed by atoms with Gasteiger partial charge in [0.2, 0.25) is 0 Å². The van der Waals surface area contributed by atoms with Crippen LogP contribution < -0.4 is 10.4 Å². The number of nitrogens with zero attached hydrogens (tertiary/aromatic N) is 2. The Kier molecular flexibility index (Phi) is 4.82. The minimum atomic E-state index is -3.11. The van der Waals surface area contributed by atoms with Crippen LogP contribution in [-0.2, 0) is 9.84 Å². The Morgan fingerprint density at radius 3 is 2.58 bits per heavy atom. The largest absolute Gasteiger partial charge is 0.497 e. The minimum Gasteiger partial charge on any atom is -0.497 e. The summed E-state index contributed by atoms with van der Waals surface area (Å²) >= 11 is 0. The summed E-state index contributed by atoms with van der Waals surface area (Å²) in [5.74, 6) is 0.230. The smallest absolute Gasteiger partial charge is 0.346 e. The van der Waals surface area contributed by atoms with Gasteiger partial charge in [0, 0.05) is 18.7 Å². The average molecular weight is 377 g/mol. The number of carbonyl (C=O) groups is 1. The highest BCUT2D eigenvalue weighted by atomic mass is 32.2. The number of methoxy groups -OCH3 is 1. The maximum absolute atomic E-state index is 12.7. The zero-order valence-electron chi connectivity index (χ0n) is 14.4. The number of benzene rings is 1.